The minimum atomic E-state index is -3.58. The Balaban J connectivity index is 1.78. The summed E-state index contributed by atoms with van der Waals surface area (Å²) < 4.78 is 27.2. The van der Waals surface area contributed by atoms with E-state index >= 15 is 0 Å². The standard InChI is InChI=1S/C23H29N3O3S2/c1-4-6-13-26(5-2)31(28,29)18-10-8-17(9-11-18)22(27)25-23-20(15-24)19-12-7-16(3)14-21(19)30-23/h8-11,16H,4-7,12-14H2,1-3H3,(H,25,27). The van der Waals surface area contributed by atoms with Crippen LogP contribution in [0.15, 0.2) is 29.2 Å². The van der Waals surface area contributed by atoms with Gasteiger partial charge in [0.1, 0.15) is 11.1 Å². The van der Waals surface area contributed by atoms with E-state index in [4.69, 9.17) is 0 Å². The van der Waals surface area contributed by atoms with Crippen LogP contribution in [0.1, 0.15) is 66.4 Å². The van der Waals surface area contributed by atoms with Crippen LogP contribution in [0.4, 0.5) is 5.00 Å². The summed E-state index contributed by atoms with van der Waals surface area (Å²) in [7, 11) is -3.58. The van der Waals surface area contributed by atoms with Crippen molar-refractivity contribution in [2.45, 2.75) is 57.8 Å². The Morgan fingerprint density at radius 2 is 2.00 bits per heavy atom. The van der Waals surface area contributed by atoms with Crippen molar-refractivity contribution in [3.63, 3.8) is 0 Å². The molecule has 1 heterocycles. The van der Waals surface area contributed by atoms with Crippen molar-refractivity contribution in [1.29, 1.82) is 5.26 Å². The van der Waals surface area contributed by atoms with Crippen LogP contribution in [0.25, 0.3) is 0 Å². The molecule has 1 aliphatic rings. The molecule has 0 aliphatic heterocycles. The summed E-state index contributed by atoms with van der Waals surface area (Å²) >= 11 is 1.48. The lowest BCUT2D eigenvalue weighted by Gasteiger charge is -2.20. The van der Waals surface area contributed by atoms with E-state index in [1.54, 1.807) is 0 Å². The Hall–Kier alpha value is -2.21. The van der Waals surface area contributed by atoms with Gasteiger partial charge in [0.2, 0.25) is 10.0 Å². The highest BCUT2D eigenvalue weighted by molar-refractivity contribution is 7.89. The minimum Gasteiger partial charge on any atom is -0.312 e. The quantitative estimate of drug-likeness (QED) is 0.613. The van der Waals surface area contributed by atoms with Crippen LogP contribution in [0.2, 0.25) is 0 Å². The average Bonchev–Trinajstić information content (AvgIpc) is 3.09. The van der Waals surface area contributed by atoms with Gasteiger partial charge in [0, 0.05) is 23.5 Å². The first kappa shape index (κ1) is 23.5. The van der Waals surface area contributed by atoms with E-state index in [1.807, 2.05) is 13.8 Å². The molecular formula is C23H29N3O3S2. The molecular weight excluding hydrogens is 430 g/mol. The SMILES string of the molecule is CCCCN(CC)S(=O)(=O)c1ccc(C(=O)Nc2sc3c(c2C#N)CCC(C)C3)cc1. The number of carbonyl (C=O) groups excluding carboxylic acids is 1. The zero-order valence-electron chi connectivity index (χ0n) is 18.3. The monoisotopic (exact) mass is 459 g/mol. The van der Waals surface area contributed by atoms with Crippen molar-refractivity contribution in [3.05, 3.63) is 45.8 Å². The predicted octanol–water partition coefficient (Wildman–Crippen LogP) is 4.81. The van der Waals surface area contributed by atoms with Gasteiger partial charge in [-0.05, 0) is 61.4 Å². The van der Waals surface area contributed by atoms with E-state index in [-0.39, 0.29) is 10.8 Å². The van der Waals surface area contributed by atoms with E-state index in [9.17, 15) is 18.5 Å². The third kappa shape index (κ3) is 5.00. The number of carbonyl (C=O) groups is 1. The Bertz CT molecular complexity index is 1080. The number of nitrogens with one attached hydrogen (secondary N) is 1. The molecule has 0 fully saturated rings. The van der Waals surface area contributed by atoms with Crippen molar-refractivity contribution in [3.8, 4) is 6.07 Å². The second kappa shape index (κ2) is 9.94. The number of sulfonamides is 1. The van der Waals surface area contributed by atoms with Crippen molar-refractivity contribution < 1.29 is 13.2 Å². The van der Waals surface area contributed by atoms with Crippen LogP contribution in [0.5, 0.6) is 0 Å². The third-order valence-corrected chi connectivity index (χ3v) is 8.88. The van der Waals surface area contributed by atoms with Crippen molar-refractivity contribution in [2.24, 2.45) is 5.92 Å². The Morgan fingerprint density at radius 3 is 2.61 bits per heavy atom. The number of hydrogen-bond donors (Lipinski definition) is 1. The fraction of sp³-hybridized carbons (Fsp3) is 0.478. The zero-order chi connectivity index (χ0) is 22.6. The molecule has 1 aromatic heterocycles. The molecule has 31 heavy (non-hydrogen) atoms. The van der Waals surface area contributed by atoms with Crippen molar-refractivity contribution in [2.75, 3.05) is 18.4 Å². The highest BCUT2D eigenvalue weighted by atomic mass is 32.2. The van der Waals surface area contributed by atoms with Gasteiger partial charge < -0.3 is 5.32 Å². The molecule has 0 bridgehead atoms. The molecule has 2 aromatic rings. The number of hydrogen-bond acceptors (Lipinski definition) is 5. The molecule has 0 saturated heterocycles. The first-order valence-electron chi connectivity index (χ1n) is 10.8. The molecule has 0 spiro atoms. The Morgan fingerprint density at radius 1 is 1.29 bits per heavy atom. The summed E-state index contributed by atoms with van der Waals surface area (Å²) in [6.07, 6.45) is 4.57. The summed E-state index contributed by atoms with van der Waals surface area (Å²) in [5.41, 5.74) is 1.99. The molecule has 1 amide bonds. The molecule has 6 nitrogen and oxygen atoms in total. The normalized spacial score (nSPS) is 16.0. The highest BCUT2D eigenvalue weighted by Crippen LogP contribution is 2.39. The molecule has 1 aliphatic carbocycles. The number of nitrogens with zero attached hydrogens (tertiary/aromatic N) is 2. The summed E-state index contributed by atoms with van der Waals surface area (Å²) in [4.78, 5) is 14.1. The van der Waals surface area contributed by atoms with E-state index in [2.05, 4.69) is 18.3 Å². The number of benzene rings is 1. The van der Waals surface area contributed by atoms with Crippen molar-refractivity contribution in [1.82, 2.24) is 4.31 Å². The van der Waals surface area contributed by atoms with Gasteiger partial charge in [-0.3, -0.25) is 4.79 Å². The van der Waals surface area contributed by atoms with Gasteiger partial charge >= 0.3 is 0 Å². The number of nitriles is 1. The van der Waals surface area contributed by atoms with Crippen LogP contribution in [-0.2, 0) is 22.9 Å². The fourth-order valence-electron chi connectivity index (χ4n) is 3.84. The van der Waals surface area contributed by atoms with Gasteiger partial charge in [0.25, 0.3) is 5.91 Å². The molecule has 0 saturated carbocycles. The summed E-state index contributed by atoms with van der Waals surface area (Å²) in [5.74, 6) is 0.237. The molecule has 1 atom stereocenters. The first-order chi connectivity index (χ1) is 14.8. The lowest BCUT2D eigenvalue weighted by Crippen LogP contribution is -2.31. The first-order valence-corrected chi connectivity index (χ1v) is 13.0. The van der Waals surface area contributed by atoms with E-state index in [0.717, 1.165) is 37.7 Å². The highest BCUT2D eigenvalue weighted by Gasteiger charge is 2.26. The van der Waals surface area contributed by atoms with Crippen molar-refractivity contribution >= 4 is 32.3 Å². The molecule has 3 rings (SSSR count). The summed E-state index contributed by atoms with van der Waals surface area (Å²) in [5, 5.41) is 13.1. The van der Waals surface area contributed by atoms with Crippen LogP contribution < -0.4 is 5.32 Å². The van der Waals surface area contributed by atoms with Crippen LogP contribution in [0, 0.1) is 17.2 Å². The number of thiophene rings is 1. The number of anilines is 1. The van der Waals surface area contributed by atoms with E-state index in [1.165, 1.54) is 44.8 Å². The number of amides is 1. The van der Waals surface area contributed by atoms with Crippen LogP contribution >= 0.6 is 11.3 Å². The molecule has 8 heteroatoms. The van der Waals surface area contributed by atoms with Gasteiger partial charge in [0.15, 0.2) is 0 Å². The number of unbranched alkanes of at least 4 members (excludes halogenated alkanes) is 1. The number of rotatable bonds is 8. The fourth-order valence-corrected chi connectivity index (χ4v) is 6.69. The minimum absolute atomic E-state index is 0.181. The Kier molecular flexibility index (Phi) is 7.52. The van der Waals surface area contributed by atoms with Gasteiger partial charge in [-0.25, -0.2) is 8.42 Å². The maximum Gasteiger partial charge on any atom is 0.256 e. The van der Waals surface area contributed by atoms with Crippen LogP contribution in [0.3, 0.4) is 0 Å². The maximum absolute atomic E-state index is 12.9. The second-order valence-corrected chi connectivity index (χ2v) is 11.0. The van der Waals surface area contributed by atoms with Gasteiger partial charge in [-0.2, -0.15) is 9.57 Å². The zero-order valence-corrected chi connectivity index (χ0v) is 19.9. The topological polar surface area (TPSA) is 90.3 Å². The largest absolute Gasteiger partial charge is 0.312 e. The summed E-state index contributed by atoms with van der Waals surface area (Å²) in [6, 6.07) is 8.26. The molecule has 1 N–H and O–H groups in total. The maximum atomic E-state index is 12.9. The van der Waals surface area contributed by atoms with E-state index in [0.29, 0.717) is 35.1 Å². The number of fused-ring (bicyclic) bond motifs is 1. The van der Waals surface area contributed by atoms with Crippen LogP contribution in [-0.4, -0.2) is 31.7 Å². The predicted molar refractivity (Wildman–Crippen MR) is 124 cm³/mol. The summed E-state index contributed by atoms with van der Waals surface area (Å²) in [6.45, 7) is 6.93. The van der Waals surface area contributed by atoms with Gasteiger partial charge in [-0.15, -0.1) is 11.3 Å². The molecule has 1 unspecified atom stereocenters. The smallest absolute Gasteiger partial charge is 0.256 e. The average molecular weight is 460 g/mol. The van der Waals surface area contributed by atoms with Gasteiger partial charge in [0.05, 0.1) is 10.5 Å². The third-order valence-electron chi connectivity index (χ3n) is 5.72. The molecule has 166 valence electrons. The Labute approximate surface area is 188 Å². The molecule has 0 radical (unpaired) electrons. The lowest BCUT2D eigenvalue weighted by molar-refractivity contribution is 0.102. The molecule has 1 aromatic carbocycles. The van der Waals surface area contributed by atoms with Gasteiger partial charge in [-0.1, -0.05) is 27.2 Å². The lowest BCUT2D eigenvalue weighted by atomic mass is 9.88. The van der Waals surface area contributed by atoms with E-state index < -0.39 is 10.0 Å². The second-order valence-electron chi connectivity index (χ2n) is 8.00.